The molecule has 0 aromatic carbocycles. The Morgan fingerprint density at radius 1 is 1.00 bits per heavy atom. The van der Waals surface area contributed by atoms with Crippen LogP contribution in [0.4, 0.5) is 26.3 Å². The number of hydrogen-bond donors (Lipinski definition) is 0. The van der Waals surface area contributed by atoms with Crippen molar-refractivity contribution in [3.8, 4) is 0 Å². The predicted molar refractivity (Wildman–Crippen MR) is 82.5 cm³/mol. The molecule has 0 amide bonds. The molecule has 3 nitrogen and oxygen atoms in total. The van der Waals surface area contributed by atoms with Crippen LogP contribution in [0.1, 0.15) is 39.0 Å². The largest absolute Gasteiger partial charge is 0.455 e. The number of alkyl halides is 6. The summed E-state index contributed by atoms with van der Waals surface area (Å²) in [6, 6.07) is 0. The molecule has 0 heterocycles. The Kier molecular flexibility index (Phi) is 5.06. The van der Waals surface area contributed by atoms with Crippen LogP contribution in [0, 0.1) is 23.7 Å². The van der Waals surface area contributed by atoms with E-state index in [0.717, 1.165) is 25.7 Å². The second-order valence-corrected chi connectivity index (χ2v) is 8.26. The van der Waals surface area contributed by atoms with Crippen LogP contribution < -0.4 is 0 Å². The first kappa shape index (κ1) is 20.5. The third-order valence-corrected chi connectivity index (χ3v) is 6.38. The highest BCUT2D eigenvalue weighted by atomic mass is 19.4. The number of rotatable bonds is 5. The van der Waals surface area contributed by atoms with Gasteiger partial charge in [0.25, 0.3) is 0 Å². The average molecular weight is 400 g/mol. The highest BCUT2D eigenvalue weighted by Crippen LogP contribution is 2.59. The van der Waals surface area contributed by atoms with Crippen molar-refractivity contribution in [3.63, 3.8) is 0 Å². The van der Waals surface area contributed by atoms with Crippen LogP contribution in [0.15, 0.2) is 12.2 Å². The van der Waals surface area contributed by atoms with Gasteiger partial charge in [-0.15, -0.1) is 0 Å². The van der Waals surface area contributed by atoms with E-state index in [0.29, 0.717) is 11.8 Å². The summed E-state index contributed by atoms with van der Waals surface area (Å²) in [7, 11) is 0. The maximum atomic E-state index is 12.5. The van der Waals surface area contributed by atoms with Gasteiger partial charge < -0.3 is 9.47 Å². The normalized spacial score (nSPS) is 35.6. The number of halogens is 6. The zero-order valence-electron chi connectivity index (χ0n) is 14.8. The Morgan fingerprint density at radius 2 is 1.44 bits per heavy atom. The van der Waals surface area contributed by atoms with Crippen molar-refractivity contribution in [2.75, 3.05) is 6.61 Å². The van der Waals surface area contributed by atoms with Crippen molar-refractivity contribution in [1.29, 1.82) is 0 Å². The molecule has 9 heteroatoms. The third kappa shape index (κ3) is 3.98. The van der Waals surface area contributed by atoms with Gasteiger partial charge in [0, 0.05) is 0 Å². The van der Waals surface area contributed by atoms with Crippen LogP contribution in [0.5, 0.6) is 0 Å². The predicted octanol–water partition coefficient (Wildman–Crippen LogP) is 4.81. The van der Waals surface area contributed by atoms with Crippen LogP contribution in [-0.2, 0) is 14.3 Å². The highest BCUT2D eigenvalue weighted by molar-refractivity contribution is 5.88. The molecule has 0 saturated heterocycles. The van der Waals surface area contributed by atoms with Gasteiger partial charge in [0.15, 0.2) is 0 Å². The SMILES string of the molecule is C=C(COC(C(F)(F)F)C(F)(F)F)C(=O)OC1(C)C2CC3CC(C2)CC1C3. The monoisotopic (exact) mass is 400 g/mol. The van der Waals surface area contributed by atoms with E-state index >= 15 is 0 Å². The van der Waals surface area contributed by atoms with Gasteiger partial charge in [-0.3, -0.25) is 0 Å². The van der Waals surface area contributed by atoms with E-state index in [1.807, 2.05) is 6.92 Å². The van der Waals surface area contributed by atoms with Crippen molar-refractivity contribution < 1.29 is 40.6 Å². The topological polar surface area (TPSA) is 35.5 Å². The van der Waals surface area contributed by atoms with E-state index in [2.05, 4.69) is 11.3 Å². The number of ether oxygens (including phenoxy) is 2. The quantitative estimate of drug-likeness (QED) is 0.378. The molecule has 0 radical (unpaired) electrons. The van der Waals surface area contributed by atoms with Crippen LogP contribution in [0.3, 0.4) is 0 Å². The molecule has 0 N–H and O–H groups in total. The maximum absolute atomic E-state index is 12.5. The lowest BCUT2D eigenvalue weighted by Gasteiger charge is -2.59. The Bertz CT molecular complexity index is 567. The number of esters is 1. The molecule has 154 valence electrons. The summed E-state index contributed by atoms with van der Waals surface area (Å²) in [4.78, 5) is 12.3. The standard InChI is InChI=1S/C18H22F6O3/c1-9(8-26-15(17(19,20)21)18(22,23)24)14(25)27-16(2)12-4-10-3-11(6-12)7-13(16)5-10/h10-13,15H,1,3-8H2,2H3. The fourth-order valence-corrected chi connectivity index (χ4v) is 5.18. The Hall–Kier alpha value is -1.25. The molecule has 0 unspecified atom stereocenters. The van der Waals surface area contributed by atoms with Gasteiger partial charge in [-0.25, -0.2) is 4.79 Å². The highest BCUT2D eigenvalue weighted by Gasteiger charge is 2.59. The van der Waals surface area contributed by atoms with Gasteiger partial charge >= 0.3 is 18.3 Å². The minimum absolute atomic E-state index is 0.171. The first-order valence-corrected chi connectivity index (χ1v) is 8.96. The van der Waals surface area contributed by atoms with Gasteiger partial charge in [-0.05, 0) is 62.7 Å². The Morgan fingerprint density at radius 3 is 1.85 bits per heavy atom. The van der Waals surface area contributed by atoms with Crippen LogP contribution in [0.2, 0.25) is 0 Å². The minimum atomic E-state index is -5.63. The molecule has 0 aromatic heterocycles. The van der Waals surface area contributed by atoms with Crippen molar-refractivity contribution in [2.45, 2.75) is 63.1 Å². The zero-order chi connectivity index (χ0) is 20.2. The third-order valence-electron chi connectivity index (χ3n) is 6.38. The van der Waals surface area contributed by atoms with E-state index in [9.17, 15) is 31.1 Å². The van der Waals surface area contributed by atoms with E-state index in [4.69, 9.17) is 4.74 Å². The van der Waals surface area contributed by atoms with Crippen LogP contribution >= 0.6 is 0 Å². The summed E-state index contributed by atoms with van der Waals surface area (Å²) in [6.45, 7) is 3.90. The molecule has 0 spiro atoms. The maximum Gasteiger partial charge on any atom is 0.423 e. The molecular weight excluding hydrogens is 378 g/mol. The van der Waals surface area contributed by atoms with Crippen LogP contribution in [-0.4, -0.2) is 36.6 Å². The van der Waals surface area contributed by atoms with Gasteiger partial charge in [0.05, 0.1) is 12.2 Å². The fraction of sp³-hybridized carbons (Fsp3) is 0.833. The molecule has 4 rings (SSSR count). The summed E-state index contributed by atoms with van der Waals surface area (Å²) < 4.78 is 84.6. The lowest BCUT2D eigenvalue weighted by molar-refractivity contribution is -0.320. The Balaban J connectivity index is 1.60. The molecule has 0 aromatic rings. The van der Waals surface area contributed by atoms with Gasteiger partial charge in [-0.2, -0.15) is 26.3 Å². The second-order valence-electron chi connectivity index (χ2n) is 8.26. The molecular formula is C18H22F6O3. The number of carbonyl (C=O) groups is 1. The smallest absolute Gasteiger partial charge is 0.423 e. The lowest BCUT2D eigenvalue weighted by atomic mass is 9.50. The zero-order valence-corrected chi connectivity index (χ0v) is 14.8. The Labute approximate surface area is 153 Å². The number of carbonyl (C=O) groups excluding carboxylic acids is 1. The van der Waals surface area contributed by atoms with E-state index < -0.39 is 42.2 Å². The fourth-order valence-electron chi connectivity index (χ4n) is 5.18. The molecule has 0 atom stereocenters. The van der Waals surface area contributed by atoms with Gasteiger partial charge in [0.1, 0.15) is 5.60 Å². The summed E-state index contributed by atoms with van der Waals surface area (Å²) in [5, 5.41) is 0. The molecule has 4 fully saturated rings. The van der Waals surface area contributed by atoms with Crippen LogP contribution in [0.25, 0.3) is 0 Å². The summed E-state index contributed by atoms with van der Waals surface area (Å²) in [6.07, 6.45) is -10.3. The van der Waals surface area contributed by atoms with E-state index in [-0.39, 0.29) is 11.8 Å². The molecule has 4 bridgehead atoms. The molecule has 4 aliphatic rings. The second kappa shape index (κ2) is 6.67. The van der Waals surface area contributed by atoms with Crippen molar-refractivity contribution in [1.82, 2.24) is 0 Å². The minimum Gasteiger partial charge on any atom is -0.455 e. The van der Waals surface area contributed by atoms with Gasteiger partial charge in [-0.1, -0.05) is 6.58 Å². The summed E-state index contributed by atoms with van der Waals surface area (Å²) in [5.74, 6) is 0.581. The lowest BCUT2D eigenvalue weighted by Crippen LogP contribution is -2.58. The molecule has 0 aliphatic heterocycles. The van der Waals surface area contributed by atoms with Crippen molar-refractivity contribution in [2.24, 2.45) is 23.7 Å². The first-order valence-electron chi connectivity index (χ1n) is 8.96. The van der Waals surface area contributed by atoms with E-state index in [1.165, 1.54) is 6.42 Å². The van der Waals surface area contributed by atoms with Crippen molar-refractivity contribution >= 4 is 5.97 Å². The molecule has 4 aliphatic carbocycles. The number of hydrogen-bond acceptors (Lipinski definition) is 3. The molecule has 27 heavy (non-hydrogen) atoms. The summed E-state index contributed by atoms with van der Waals surface area (Å²) in [5.41, 5.74) is -1.30. The van der Waals surface area contributed by atoms with E-state index in [1.54, 1.807) is 0 Å². The van der Waals surface area contributed by atoms with Gasteiger partial charge in [0.2, 0.25) is 6.10 Å². The average Bonchev–Trinajstić information content (AvgIpc) is 2.49. The summed E-state index contributed by atoms with van der Waals surface area (Å²) >= 11 is 0. The molecule has 4 saturated carbocycles. The first-order chi connectivity index (χ1) is 12.3. The van der Waals surface area contributed by atoms with Crippen molar-refractivity contribution in [3.05, 3.63) is 12.2 Å².